The molecule has 3 aromatic rings. The minimum atomic E-state index is 0.534. The Morgan fingerprint density at radius 3 is 2.86 bits per heavy atom. The third-order valence-corrected chi connectivity index (χ3v) is 4.02. The van der Waals surface area contributed by atoms with Crippen LogP contribution >= 0.6 is 0 Å². The molecule has 4 rings (SSSR count). The highest BCUT2D eigenvalue weighted by Crippen LogP contribution is 2.39. The van der Waals surface area contributed by atoms with Gasteiger partial charge in [-0.2, -0.15) is 0 Å². The van der Waals surface area contributed by atoms with Gasteiger partial charge in [0.1, 0.15) is 13.5 Å². The fraction of sp³-hybridized carbons (Fsp3) is 0.294. The van der Waals surface area contributed by atoms with Crippen molar-refractivity contribution in [3.63, 3.8) is 0 Å². The average molecular weight is 288 g/mol. The first kappa shape index (κ1) is 13.4. The number of rotatable bonds is 4. The largest absolute Gasteiger partial charge is 0.379 e. The number of nitrogens with one attached hydrogen (secondary N) is 1. The second-order valence-corrected chi connectivity index (χ2v) is 6.01. The van der Waals surface area contributed by atoms with Crippen LogP contribution in [0.4, 0.5) is 5.69 Å². The zero-order valence-electron chi connectivity index (χ0n) is 12.6. The highest BCUT2D eigenvalue weighted by molar-refractivity contribution is 6.30. The Hall–Kier alpha value is -2.30. The van der Waals surface area contributed by atoms with Crippen LogP contribution in [0.25, 0.3) is 5.65 Å². The Morgan fingerprint density at radius 1 is 1.23 bits per heavy atom. The van der Waals surface area contributed by atoms with Crippen LogP contribution in [0.2, 0.25) is 0 Å². The Labute approximate surface area is 131 Å². The summed E-state index contributed by atoms with van der Waals surface area (Å²) in [5.74, 6) is 0.760. The van der Waals surface area contributed by atoms with Gasteiger partial charge in [-0.3, -0.25) is 4.98 Å². The van der Waals surface area contributed by atoms with Crippen molar-refractivity contribution in [1.82, 2.24) is 14.4 Å². The maximum atomic E-state index is 5.77. The van der Waals surface area contributed by atoms with Crippen LogP contribution in [-0.2, 0) is 6.54 Å². The number of imidazole rings is 1. The molecule has 0 saturated heterocycles. The number of anilines is 1. The van der Waals surface area contributed by atoms with E-state index in [9.17, 15) is 0 Å². The second kappa shape index (κ2) is 5.16. The lowest BCUT2D eigenvalue weighted by Gasteiger charge is -2.06. The number of nitrogens with zero attached hydrogens (tertiary/aromatic N) is 3. The summed E-state index contributed by atoms with van der Waals surface area (Å²) in [7, 11) is 5.77. The van der Waals surface area contributed by atoms with E-state index in [1.54, 1.807) is 0 Å². The molecule has 3 heterocycles. The van der Waals surface area contributed by atoms with E-state index in [1.165, 1.54) is 18.4 Å². The number of aromatic nitrogens is 3. The summed E-state index contributed by atoms with van der Waals surface area (Å²) in [5.41, 5.74) is 5.84. The summed E-state index contributed by atoms with van der Waals surface area (Å²) in [6, 6.07) is 8.13. The third-order valence-electron chi connectivity index (χ3n) is 4.02. The van der Waals surface area contributed by atoms with Gasteiger partial charge in [-0.1, -0.05) is 6.07 Å². The summed E-state index contributed by atoms with van der Waals surface area (Å²) in [6.45, 7) is 2.61. The Morgan fingerprint density at radius 2 is 2.09 bits per heavy atom. The molecule has 22 heavy (non-hydrogen) atoms. The topological polar surface area (TPSA) is 42.2 Å². The van der Waals surface area contributed by atoms with Gasteiger partial charge in [0.05, 0.1) is 12.2 Å². The van der Waals surface area contributed by atoms with Gasteiger partial charge in [-0.15, -0.1) is 0 Å². The molecule has 1 aliphatic rings. The number of hydrogen-bond acceptors (Lipinski definition) is 3. The maximum Gasteiger partial charge on any atom is 0.141 e. The Balaban J connectivity index is 1.53. The van der Waals surface area contributed by atoms with Crippen molar-refractivity contribution < 1.29 is 0 Å². The highest BCUT2D eigenvalue weighted by atomic mass is 15.0. The number of pyridine rings is 2. The fourth-order valence-electron chi connectivity index (χ4n) is 2.79. The van der Waals surface area contributed by atoms with E-state index < -0.39 is 0 Å². The molecule has 0 unspecified atom stereocenters. The predicted molar refractivity (Wildman–Crippen MR) is 88.9 cm³/mol. The first-order chi connectivity index (χ1) is 10.7. The van der Waals surface area contributed by atoms with Crippen molar-refractivity contribution in [3.05, 3.63) is 53.6 Å². The first-order valence-corrected chi connectivity index (χ1v) is 7.63. The molecule has 108 valence electrons. The molecule has 0 atom stereocenters. The van der Waals surface area contributed by atoms with E-state index in [2.05, 4.69) is 44.2 Å². The minimum absolute atomic E-state index is 0.534. The summed E-state index contributed by atoms with van der Waals surface area (Å²) in [6.07, 6.45) is 6.93. The van der Waals surface area contributed by atoms with Gasteiger partial charge in [0.15, 0.2) is 0 Å². The van der Waals surface area contributed by atoms with Crippen LogP contribution in [-0.4, -0.2) is 22.2 Å². The molecule has 0 bridgehead atoms. The van der Waals surface area contributed by atoms with Crippen LogP contribution in [0.15, 0.2) is 36.7 Å². The van der Waals surface area contributed by atoms with Crippen LogP contribution in [0, 0.1) is 6.92 Å². The predicted octanol–water partition coefficient (Wildman–Crippen LogP) is 2.32. The molecule has 1 N–H and O–H groups in total. The molecule has 4 nitrogen and oxygen atoms in total. The third kappa shape index (κ3) is 2.71. The van der Waals surface area contributed by atoms with Crippen LogP contribution < -0.4 is 10.9 Å². The quantitative estimate of drug-likeness (QED) is 0.749. The lowest BCUT2D eigenvalue weighted by atomic mass is 10.0. The summed E-state index contributed by atoms with van der Waals surface area (Å²) >= 11 is 0. The van der Waals surface area contributed by atoms with Gasteiger partial charge in [-0.05, 0) is 55.0 Å². The maximum absolute atomic E-state index is 5.77. The van der Waals surface area contributed by atoms with E-state index in [4.69, 9.17) is 7.85 Å². The van der Waals surface area contributed by atoms with Gasteiger partial charge in [-0.25, -0.2) is 4.98 Å². The van der Waals surface area contributed by atoms with Crippen molar-refractivity contribution in [1.29, 1.82) is 0 Å². The standard InChI is InChI=1S/C17H17BN4/c1-11-6-14(7-16(18)20-11)19-8-15-10-22-9-13(12-2-3-12)4-5-17(22)21-15/h4-7,9-10,12H,2-3,8H2,1H3,(H,19,20). The van der Waals surface area contributed by atoms with E-state index in [0.29, 0.717) is 12.1 Å². The zero-order chi connectivity index (χ0) is 15.1. The van der Waals surface area contributed by atoms with Crippen molar-refractivity contribution >= 4 is 24.8 Å². The second-order valence-electron chi connectivity index (χ2n) is 6.01. The van der Waals surface area contributed by atoms with Crippen LogP contribution in [0.3, 0.4) is 0 Å². The van der Waals surface area contributed by atoms with Crippen molar-refractivity contribution in [2.75, 3.05) is 5.32 Å². The normalized spacial score (nSPS) is 14.4. The molecule has 0 aromatic carbocycles. The molecule has 2 radical (unpaired) electrons. The van der Waals surface area contributed by atoms with E-state index >= 15 is 0 Å². The summed E-state index contributed by atoms with van der Waals surface area (Å²) in [5, 5.41) is 3.36. The number of aryl methyl sites for hydroxylation is 1. The summed E-state index contributed by atoms with van der Waals surface area (Å²) in [4.78, 5) is 8.82. The van der Waals surface area contributed by atoms with Crippen molar-refractivity contribution in [2.24, 2.45) is 0 Å². The lowest BCUT2D eigenvalue weighted by Crippen LogP contribution is -2.11. The highest BCUT2D eigenvalue weighted by Gasteiger charge is 2.23. The summed E-state index contributed by atoms with van der Waals surface area (Å²) < 4.78 is 2.12. The molecule has 5 heteroatoms. The Bertz CT molecular complexity index is 816. The molecule has 3 aromatic heterocycles. The Kier molecular flexibility index (Phi) is 3.14. The first-order valence-electron chi connectivity index (χ1n) is 7.63. The molecule has 1 fully saturated rings. The SMILES string of the molecule is [B]c1cc(NCc2cn3cc(C4CC4)ccc3n2)cc(C)n1. The molecule has 0 spiro atoms. The van der Waals surface area contributed by atoms with Gasteiger partial charge < -0.3 is 9.72 Å². The van der Waals surface area contributed by atoms with Crippen molar-refractivity contribution in [2.45, 2.75) is 32.2 Å². The van der Waals surface area contributed by atoms with Gasteiger partial charge in [0.25, 0.3) is 0 Å². The van der Waals surface area contributed by atoms with E-state index in [-0.39, 0.29) is 0 Å². The van der Waals surface area contributed by atoms with Gasteiger partial charge in [0, 0.05) is 23.8 Å². The zero-order valence-corrected chi connectivity index (χ0v) is 12.6. The van der Waals surface area contributed by atoms with Crippen LogP contribution in [0.5, 0.6) is 0 Å². The van der Waals surface area contributed by atoms with Gasteiger partial charge >= 0.3 is 0 Å². The molecular weight excluding hydrogens is 271 g/mol. The minimum Gasteiger partial charge on any atom is -0.379 e. The lowest BCUT2D eigenvalue weighted by molar-refractivity contribution is 1.05. The molecular formula is C17H17BN4. The molecule has 1 aliphatic carbocycles. The smallest absolute Gasteiger partial charge is 0.141 e. The van der Waals surface area contributed by atoms with E-state index in [1.807, 2.05) is 19.1 Å². The monoisotopic (exact) mass is 288 g/mol. The van der Waals surface area contributed by atoms with Crippen LogP contribution in [0.1, 0.15) is 35.7 Å². The molecule has 0 aliphatic heterocycles. The average Bonchev–Trinajstić information content (AvgIpc) is 3.24. The van der Waals surface area contributed by atoms with Crippen molar-refractivity contribution in [3.8, 4) is 0 Å². The fourth-order valence-corrected chi connectivity index (χ4v) is 2.79. The van der Waals surface area contributed by atoms with E-state index in [0.717, 1.165) is 28.6 Å². The molecule has 0 amide bonds. The van der Waals surface area contributed by atoms with Gasteiger partial charge in [0.2, 0.25) is 0 Å². The number of hydrogen-bond donors (Lipinski definition) is 1. The number of fused-ring (bicyclic) bond motifs is 1. The molecule has 1 saturated carbocycles.